The molecule has 2 N–H and O–H groups in total. The fourth-order valence-corrected chi connectivity index (χ4v) is 2.40. The molecule has 0 radical (unpaired) electrons. The second-order valence-electron chi connectivity index (χ2n) is 5.11. The number of guanidine groups is 1. The molecule has 1 saturated carbocycles. The lowest BCUT2D eigenvalue weighted by atomic mass is 10.2. The van der Waals surface area contributed by atoms with E-state index in [1.165, 1.54) is 25.7 Å². The van der Waals surface area contributed by atoms with E-state index in [0.717, 1.165) is 37.7 Å². The van der Waals surface area contributed by atoms with Gasteiger partial charge in [-0.3, -0.25) is 4.99 Å². The first-order valence-corrected chi connectivity index (χ1v) is 7.45. The van der Waals surface area contributed by atoms with Gasteiger partial charge in [-0.1, -0.05) is 19.8 Å². The Morgan fingerprint density at radius 2 is 2.26 bits per heavy atom. The number of furan rings is 1. The van der Waals surface area contributed by atoms with Crippen LogP contribution in [0.25, 0.3) is 0 Å². The smallest absolute Gasteiger partial charge is 0.191 e. The van der Waals surface area contributed by atoms with Crippen molar-refractivity contribution in [2.24, 2.45) is 4.99 Å². The Hall–Kier alpha value is -1.45. The molecule has 2 rings (SSSR count). The Bertz CT molecular complexity index is 367. The van der Waals surface area contributed by atoms with Gasteiger partial charge in [-0.2, -0.15) is 0 Å². The van der Waals surface area contributed by atoms with Crippen molar-refractivity contribution in [2.45, 2.75) is 51.5 Å². The minimum Gasteiger partial charge on any atom is -0.469 e. The zero-order valence-electron chi connectivity index (χ0n) is 11.8. The van der Waals surface area contributed by atoms with Gasteiger partial charge in [-0.25, -0.2) is 0 Å². The second-order valence-corrected chi connectivity index (χ2v) is 5.11. The molecule has 1 fully saturated rings. The van der Waals surface area contributed by atoms with Crippen molar-refractivity contribution in [3.63, 3.8) is 0 Å². The maximum atomic E-state index is 5.33. The molecule has 1 aromatic heterocycles. The largest absolute Gasteiger partial charge is 0.469 e. The molecular formula is C15H25N3O. The highest BCUT2D eigenvalue weighted by molar-refractivity contribution is 5.80. The minimum absolute atomic E-state index is 0.603. The molecule has 0 amide bonds. The minimum atomic E-state index is 0.603. The molecule has 0 bridgehead atoms. The van der Waals surface area contributed by atoms with Crippen LogP contribution in [0.15, 0.2) is 27.8 Å². The molecule has 4 nitrogen and oxygen atoms in total. The maximum absolute atomic E-state index is 5.33. The molecule has 0 aromatic carbocycles. The molecule has 1 heterocycles. The Kier molecular flexibility index (Phi) is 5.79. The Balaban J connectivity index is 1.76. The van der Waals surface area contributed by atoms with Crippen molar-refractivity contribution in [3.8, 4) is 0 Å². The van der Waals surface area contributed by atoms with E-state index in [0.29, 0.717) is 6.04 Å². The Labute approximate surface area is 115 Å². The molecule has 0 spiro atoms. The van der Waals surface area contributed by atoms with Crippen LogP contribution in [0.4, 0.5) is 0 Å². The summed E-state index contributed by atoms with van der Waals surface area (Å²) in [6.45, 7) is 3.89. The Morgan fingerprint density at radius 1 is 1.42 bits per heavy atom. The fourth-order valence-electron chi connectivity index (χ4n) is 2.40. The van der Waals surface area contributed by atoms with E-state index in [9.17, 15) is 0 Å². The Morgan fingerprint density at radius 3 is 2.95 bits per heavy atom. The van der Waals surface area contributed by atoms with Gasteiger partial charge in [0.05, 0.1) is 6.26 Å². The van der Waals surface area contributed by atoms with Gasteiger partial charge in [0.1, 0.15) is 5.76 Å². The summed E-state index contributed by atoms with van der Waals surface area (Å²) < 4.78 is 5.33. The van der Waals surface area contributed by atoms with Crippen molar-refractivity contribution in [3.05, 3.63) is 24.2 Å². The highest BCUT2D eigenvalue weighted by atomic mass is 16.3. The number of hydrogen-bond donors (Lipinski definition) is 2. The van der Waals surface area contributed by atoms with Crippen molar-refractivity contribution in [2.75, 3.05) is 13.1 Å². The summed E-state index contributed by atoms with van der Waals surface area (Å²) in [6.07, 6.45) is 8.91. The molecule has 106 valence electrons. The van der Waals surface area contributed by atoms with Gasteiger partial charge < -0.3 is 15.1 Å². The quantitative estimate of drug-likeness (QED) is 0.613. The first-order valence-electron chi connectivity index (χ1n) is 7.45. The average Bonchev–Trinajstić information content (AvgIpc) is 3.08. The lowest BCUT2D eigenvalue weighted by molar-refractivity contribution is 0.506. The molecule has 19 heavy (non-hydrogen) atoms. The van der Waals surface area contributed by atoms with Crippen LogP contribution in [0.2, 0.25) is 0 Å². The van der Waals surface area contributed by atoms with Crippen molar-refractivity contribution in [1.82, 2.24) is 10.6 Å². The number of rotatable bonds is 6. The molecule has 0 saturated heterocycles. The van der Waals surface area contributed by atoms with Gasteiger partial charge in [0.25, 0.3) is 0 Å². The van der Waals surface area contributed by atoms with Crippen LogP contribution in [0.1, 0.15) is 44.8 Å². The third-order valence-corrected chi connectivity index (χ3v) is 3.43. The van der Waals surface area contributed by atoms with Crippen LogP contribution in [-0.2, 0) is 6.42 Å². The number of nitrogens with zero attached hydrogens (tertiary/aromatic N) is 1. The fraction of sp³-hybridized carbons (Fsp3) is 0.667. The number of nitrogens with one attached hydrogen (secondary N) is 2. The summed E-state index contributed by atoms with van der Waals surface area (Å²) >= 11 is 0. The van der Waals surface area contributed by atoms with Crippen LogP contribution in [0.5, 0.6) is 0 Å². The van der Waals surface area contributed by atoms with Gasteiger partial charge in [-0.05, 0) is 31.4 Å². The molecule has 1 aromatic rings. The summed E-state index contributed by atoms with van der Waals surface area (Å²) in [5.74, 6) is 1.98. The summed E-state index contributed by atoms with van der Waals surface area (Å²) in [7, 11) is 0. The molecule has 4 heteroatoms. The van der Waals surface area contributed by atoms with Crippen molar-refractivity contribution < 1.29 is 4.42 Å². The zero-order chi connectivity index (χ0) is 13.3. The van der Waals surface area contributed by atoms with E-state index >= 15 is 0 Å². The maximum Gasteiger partial charge on any atom is 0.191 e. The van der Waals surface area contributed by atoms with E-state index in [1.807, 2.05) is 12.1 Å². The molecule has 0 unspecified atom stereocenters. The lowest BCUT2D eigenvalue weighted by Gasteiger charge is -2.17. The van der Waals surface area contributed by atoms with Gasteiger partial charge in [0, 0.05) is 25.6 Å². The predicted molar refractivity (Wildman–Crippen MR) is 78.4 cm³/mol. The van der Waals surface area contributed by atoms with Gasteiger partial charge >= 0.3 is 0 Å². The zero-order valence-corrected chi connectivity index (χ0v) is 11.8. The van der Waals surface area contributed by atoms with Gasteiger partial charge in [0.15, 0.2) is 5.96 Å². The van der Waals surface area contributed by atoms with Gasteiger partial charge in [0.2, 0.25) is 0 Å². The first-order chi connectivity index (χ1) is 9.38. The number of hydrogen-bond acceptors (Lipinski definition) is 2. The summed E-state index contributed by atoms with van der Waals surface area (Å²) in [6, 6.07) is 4.54. The highest BCUT2D eigenvalue weighted by Gasteiger charge is 2.15. The molecule has 0 aliphatic heterocycles. The van der Waals surface area contributed by atoms with Crippen molar-refractivity contribution >= 4 is 5.96 Å². The molecule has 1 aliphatic rings. The predicted octanol–water partition coefficient (Wildman–Crippen LogP) is 2.71. The first kappa shape index (κ1) is 14.0. The lowest BCUT2D eigenvalue weighted by Crippen LogP contribution is -2.43. The molecule has 1 aliphatic carbocycles. The topological polar surface area (TPSA) is 49.6 Å². The van der Waals surface area contributed by atoms with Crippen LogP contribution in [-0.4, -0.2) is 25.1 Å². The normalized spacial score (nSPS) is 16.8. The second kappa shape index (κ2) is 7.87. The highest BCUT2D eigenvalue weighted by Crippen LogP contribution is 2.17. The van der Waals surface area contributed by atoms with E-state index < -0.39 is 0 Å². The monoisotopic (exact) mass is 263 g/mol. The number of aliphatic imine (C=N–C) groups is 1. The third-order valence-electron chi connectivity index (χ3n) is 3.43. The third kappa shape index (κ3) is 4.97. The van der Waals surface area contributed by atoms with Crippen LogP contribution in [0.3, 0.4) is 0 Å². The van der Waals surface area contributed by atoms with Gasteiger partial charge in [-0.15, -0.1) is 0 Å². The van der Waals surface area contributed by atoms with E-state index in [2.05, 4.69) is 22.5 Å². The van der Waals surface area contributed by atoms with E-state index in [-0.39, 0.29) is 0 Å². The summed E-state index contributed by atoms with van der Waals surface area (Å²) in [4.78, 5) is 4.59. The van der Waals surface area contributed by atoms with E-state index in [4.69, 9.17) is 4.42 Å². The van der Waals surface area contributed by atoms with Crippen LogP contribution >= 0.6 is 0 Å². The van der Waals surface area contributed by atoms with Crippen molar-refractivity contribution in [1.29, 1.82) is 0 Å². The SMILES string of the molecule is CCCN=C(NCCc1ccco1)NC1CCCC1. The average molecular weight is 263 g/mol. The van der Waals surface area contributed by atoms with Crippen LogP contribution in [0, 0.1) is 0 Å². The summed E-state index contributed by atoms with van der Waals surface area (Å²) in [5, 5.41) is 6.94. The van der Waals surface area contributed by atoms with E-state index in [1.54, 1.807) is 6.26 Å². The molecular weight excluding hydrogens is 238 g/mol. The molecule has 0 atom stereocenters. The standard InChI is InChI=1S/C15H25N3O/c1-2-10-16-15(18-13-6-3-4-7-13)17-11-9-14-8-5-12-19-14/h5,8,12-13H,2-4,6-7,9-11H2,1H3,(H2,16,17,18). The summed E-state index contributed by atoms with van der Waals surface area (Å²) in [5.41, 5.74) is 0. The van der Waals surface area contributed by atoms with Crippen LogP contribution < -0.4 is 10.6 Å².